The summed E-state index contributed by atoms with van der Waals surface area (Å²) in [4.78, 5) is 36.4. The number of amides is 1. The van der Waals surface area contributed by atoms with Crippen molar-refractivity contribution in [3.05, 3.63) is 28.8 Å². The van der Waals surface area contributed by atoms with Gasteiger partial charge in [0.05, 0.1) is 36.4 Å². The van der Waals surface area contributed by atoms with E-state index in [-0.39, 0.29) is 23.9 Å². The summed E-state index contributed by atoms with van der Waals surface area (Å²) in [6.45, 7) is 0.211. The zero-order valence-electron chi connectivity index (χ0n) is 11.6. The fraction of sp³-hybridized carbons (Fsp3) is 0.357. The Morgan fingerprint density at radius 1 is 1.29 bits per heavy atom. The van der Waals surface area contributed by atoms with Gasteiger partial charge in [-0.2, -0.15) is 0 Å². The SMILES string of the molecule is COC(=O)c1ccc(N2C[C@H](C(=O)OC)CC2=O)c(Cl)c1. The Morgan fingerprint density at radius 2 is 2.00 bits per heavy atom. The van der Waals surface area contributed by atoms with E-state index in [0.29, 0.717) is 11.3 Å². The molecule has 21 heavy (non-hydrogen) atoms. The zero-order chi connectivity index (χ0) is 15.6. The second-order valence-electron chi connectivity index (χ2n) is 4.59. The molecule has 1 aromatic rings. The summed E-state index contributed by atoms with van der Waals surface area (Å²) in [7, 11) is 2.56. The first-order valence-corrected chi connectivity index (χ1v) is 6.61. The van der Waals surface area contributed by atoms with Crippen LogP contribution >= 0.6 is 11.6 Å². The molecule has 0 N–H and O–H groups in total. The van der Waals surface area contributed by atoms with Crippen molar-refractivity contribution in [1.29, 1.82) is 0 Å². The third-order valence-corrected chi connectivity index (χ3v) is 3.62. The van der Waals surface area contributed by atoms with Gasteiger partial charge in [0.1, 0.15) is 0 Å². The molecule has 0 radical (unpaired) electrons. The molecule has 1 atom stereocenters. The van der Waals surface area contributed by atoms with Crippen LogP contribution in [0.1, 0.15) is 16.8 Å². The van der Waals surface area contributed by atoms with Crippen LogP contribution in [0.3, 0.4) is 0 Å². The Balaban J connectivity index is 2.25. The van der Waals surface area contributed by atoms with Crippen LogP contribution in [0.25, 0.3) is 0 Å². The minimum atomic E-state index is -0.511. The molecule has 7 heteroatoms. The topological polar surface area (TPSA) is 72.9 Å². The molecule has 1 aliphatic rings. The van der Waals surface area contributed by atoms with Gasteiger partial charge in [-0.05, 0) is 18.2 Å². The molecule has 0 bridgehead atoms. The number of halogens is 1. The van der Waals surface area contributed by atoms with Gasteiger partial charge in [-0.25, -0.2) is 4.79 Å². The Hall–Kier alpha value is -2.08. The van der Waals surface area contributed by atoms with E-state index in [2.05, 4.69) is 9.47 Å². The number of anilines is 1. The van der Waals surface area contributed by atoms with E-state index in [4.69, 9.17) is 11.6 Å². The van der Waals surface area contributed by atoms with E-state index < -0.39 is 17.9 Å². The highest BCUT2D eigenvalue weighted by Crippen LogP contribution is 2.32. The number of hydrogen-bond acceptors (Lipinski definition) is 5. The van der Waals surface area contributed by atoms with Crippen LogP contribution in [0.5, 0.6) is 0 Å². The highest BCUT2D eigenvalue weighted by atomic mass is 35.5. The van der Waals surface area contributed by atoms with E-state index in [1.165, 1.54) is 31.3 Å². The van der Waals surface area contributed by atoms with E-state index in [1.807, 2.05) is 0 Å². The summed E-state index contributed by atoms with van der Waals surface area (Å²) in [5.74, 6) is -1.64. The van der Waals surface area contributed by atoms with Crippen molar-refractivity contribution in [1.82, 2.24) is 0 Å². The third kappa shape index (κ3) is 3.00. The number of nitrogens with zero attached hydrogens (tertiary/aromatic N) is 1. The van der Waals surface area contributed by atoms with E-state index in [9.17, 15) is 14.4 Å². The Labute approximate surface area is 126 Å². The van der Waals surface area contributed by atoms with Crippen LogP contribution in [0.4, 0.5) is 5.69 Å². The minimum Gasteiger partial charge on any atom is -0.469 e. The zero-order valence-corrected chi connectivity index (χ0v) is 12.3. The summed E-state index contributed by atoms with van der Waals surface area (Å²) in [5.41, 5.74) is 0.753. The summed E-state index contributed by atoms with van der Waals surface area (Å²) in [5, 5.41) is 0.247. The van der Waals surface area contributed by atoms with Gasteiger partial charge >= 0.3 is 11.9 Å². The van der Waals surface area contributed by atoms with Crippen LogP contribution in [-0.4, -0.2) is 38.6 Å². The molecule has 112 valence electrons. The summed E-state index contributed by atoms with van der Waals surface area (Å²) in [6.07, 6.45) is 0.0851. The van der Waals surface area contributed by atoms with Crippen LogP contribution in [-0.2, 0) is 19.1 Å². The van der Waals surface area contributed by atoms with Gasteiger partial charge in [-0.1, -0.05) is 11.6 Å². The number of carbonyl (C=O) groups is 3. The lowest BCUT2D eigenvalue weighted by molar-refractivity contribution is -0.145. The number of esters is 2. The number of hydrogen-bond donors (Lipinski definition) is 0. The molecule has 1 amide bonds. The largest absolute Gasteiger partial charge is 0.469 e. The van der Waals surface area contributed by atoms with Crippen LogP contribution < -0.4 is 4.90 Å². The average molecular weight is 312 g/mol. The van der Waals surface area contributed by atoms with Gasteiger partial charge in [0.15, 0.2) is 0 Å². The van der Waals surface area contributed by atoms with Crippen molar-refractivity contribution in [3.63, 3.8) is 0 Å². The lowest BCUT2D eigenvalue weighted by Gasteiger charge is -2.18. The van der Waals surface area contributed by atoms with E-state index in [1.54, 1.807) is 6.07 Å². The molecule has 1 aromatic carbocycles. The first kappa shape index (κ1) is 15.3. The summed E-state index contributed by atoms with van der Waals surface area (Å²) < 4.78 is 9.25. The highest BCUT2D eigenvalue weighted by molar-refractivity contribution is 6.34. The number of benzene rings is 1. The molecule has 0 aliphatic carbocycles. The van der Waals surface area contributed by atoms with Gasteiger partial charge in [-0.15, -0.1) is 0 Å². The first-order chi connectivity index (χ1) is 9.97. The fourth-order valence-electron chi connectivity index (χ4n) is 2.24. The molecule has 1 fully saturated rings. The number of rotatable bonds is 3. The second-order valence-corrected chi connectivity index (χ2v) is 4.99. The molecule has 0 saturated carbocycles. The van der Waals surface area contributed by atoms with Gasteiger partial charge in [0, 0.05) is 13.0 Å². The number of carbonyl (C=O) groups excluding carboxylic acids is 3. The Morgan fingerprint density at radius 3 is 2.57 bits per heavy atom. The molecule has 6 nitrogen and oxygen atoms in total. The molecule has 0 unspecified atom stereocenters. The van der Waals surface area contributed by atoms with Crippen molar-refractivity contribution in [2.45, 2.75) is 6.42 Å². The molecule has 2 rings (SSSR count). The molecular weight excluding hydrogens is 298 g/mol. The third-order valence-electron chi connectivity index (χ3n) is 3.32. The van der Waals surface area contributed by atoms with Crippen molar-refractivity contribution in [2.24, 2.45) is 5.92 Å². The molecule has 1 saturated heterocycles. The van der Waals surface area contributed by atoms with Crippen molar-refractivity contribution < 1.29 is 23.9 Å². The predicted octanol–water partition coefficient (Wildman–Crippen LogP) is 1.65. The van der Waals surface area contributed by atoms with Crippen LogP contribution in [0.2, 0.25) is 5.02 Å². The van der Waals surface area contributed by atoms with Gasteiger partial charge in [0.2, 0.25) is 5.91 Å². The highest BCUT2D eigenvalue weighted by Gasteiger charge is 2.36. The first-order valence-electron chi connectivity index (χ1n) is 6.24. The monoisotopic (exact) mass is 311 g/mol. The number of methoxy groups -OCH3 is 2. The normalized spacial score (nSPS) is 17.8. The molecular formula is C14H14ClNO5. The van der Waals surface area contributed by atoms with Crippen molar-refractivity contribution >= 4 is 35.1 Å². The van der Waals surface area contributed by atoms with Gasteiger partial charge in [0.25, 0.3) is 0 Å². The Bertz CT molecular complexity index is 601. The van der Waals surface area contributed by atoms with E-state index >= 15 is 0 Å². The molecule has 1 heterocycles. The quantitative estimate of drug-likeness (QED) is 0.794. The Kier molecular flexibility index (Phi) is 4.47. The fourth-order valence-corrected chi connectivity index (χ4v) is 2.52. The standard InChI is InChI=1S/C14H14ClNO5/c1-20-13(18)8-3-4-11(10(15)5-8)16-7-9(6-12(16)17)14(19)21-2/h3-5,9H,6-7H2,1-2H3/t9-/m1/s1. The minimum absolute atomic E-state index is 0.0851. The van der Waals surface area contributed by atoms with Crippen LogP contribution in [0.15, 0.2) is 18.2 Å². The summed E-state index contributed by atoms with van der Waals surface area (Å²) in [6, 6.07) is 4.51. The molecule has 1 aliphatic heterocycles. The molecule has 0 spiro atoms. The van der Waals surface area contributed by atoms with E-state index in [0.717, 1.165) is 0 Å². The van der Waals surface area contributed by atoms with Crippen molar-refractivity contribution in [3.8, 4) is 0 Å². The van der Waals surface area contributed by atoms with Crippen LogP contribution in [0, 0.1) is 5.92 Å². The maximum atomic E-state index is 12.0. The second kappa shape index (κ2) is 6.13. The van der Waals surface area contributed by atoms with Crippen molar-refractivity contribution in [2.75, 3.05) is 25.7 Å². The smallest absolute Gasteiger partial charge is 0.337 e. The summed E-state index contributed by atoms with van der Waals surface area (Å²) >= 11 is 6.12. The maximum Gasteiger partial charge on any atom is 0.337 e. The maximum absolute atomic E-state index is 12.0. The average Bonchev–Trinajstić information content (AvgIpc) is 2.87. The lowest BCUT2D eigenvalue weighted by Crippen LogP contribution is -2.26. The lowest BCUT2D eigenvalue weighted by atomic mass is 10.1. The number of ether oxygens (including phenoxy) is 2. The predicted molar refractivity (Wildman–Crippen MR) is 75.3 cm³/mol. The van der Waals surface area contributed by atoms with Gasteiger partial charge < -0.3 is 14.4 Å². The van der Waals surface area contributed by atoms with Gasteiger partial charge in [-0.3, -0.25) is 9.59 Å². The molecule has 0 aromatic heterocycles.